The highest BCUT2D eigenvalue weighted by Crippen LogP contribution is 2.38. The Balaban J connectivity index is 1.40. The van der Waals surface area contributed by atoms with Crippen molar-refractivity contribution in [2.24, 2.45) is 10.9 Å². The number of halogens is 2. The molecule has 3 N–H and O–H groups in total. The number of hydroxylamine groups is 1. The SMILES string of the molecule is ONC(=Nc1ccc(F)c(Br)c1)c1nonc1NCC1CCN(SC2CC2)C1. The van der Waals surface area contributed by atoms with Crippen LogP contribution in [0.2, 0.25) is 0 Å². The highest BCUT2D eigenvalue weighted by atomic mass is 79.9. The summed E-state index contributed by atoms with van der Waals surface area (Å²) in [7, 11) is 0. The molecule has 0 radical (unpaired) electrons. The van der Waals surface area contributed by atoms with E-state index in [0.29, 0.717) is 17.4 Å². The quantitative estimate of drug-likeness (QED) is 0.244. The average Bonchev–Trinajstić information content (AvgIpc) is 3.19. The lowest BCUT2D eigenvalue weighted by molar-refractivity contribution is 0.234. The van der Waals surface area contributed by atoms with E-state index in [1.165, 1.54) is 31.0 Å². The van der Waals surface area contributed by atoms with Crippen LogP contribution in [-0.4, -0.2) is 50.5 Å². The van der Waals surface area contributed by atoms with Crippen LogP contribution >= 0.6 is 27.9 Å². The number of hydrogen-bond acceptors (Lipinski definition) is 8. The summed E-state index contributed by atoms with van der Waals surface area (Å²) in [5, 5.41) is 21.3. The van der Waals surface area contributed by atoms with Crippen molar-refractivity contribution >= 4 is 45.2 Å². The van der Waals surface area contributed by atoms with E-state index in [1.54, 1.807) is 0 Å². The number of nitrogens with zero attached hydrogens (tertiary/aromatic N) is 4. The molecular weight excluding hydrogens is 451 g/mol. The van der Waals surface area contributed by atoms with E-state index in [2.05, 4.69) is 40.9 Å². The molecule has 1 saturated heterocycles. The molecule has 1 atom stereocenters. The molecule has 4 rings (SSSR count). The van der Waals surface area contributed by atoms with Crippen LogP contribution in [0.1, 0.15) is 25.0 Å². The van der Waals surface area contributed by atoms with Gasteiger partial charge in [-0.1, -0.05) is 11.9 Å². The number of aromatic nitrogens is 2. The number of aliphatic imine (C=N–C) groups is 1. The third kappa shape index (κ3) is 4.83. The zero-order valence-electron chi connectivity index (χ0n) is 14.9. The van der Waals surface area contributed by atoms with Crippen LogP contribution < -0.4 is 10.8 Å². The van der Waals surface area contributed by atoms with Gasteiger partial charge in [-0.3, -0.25) is 15.0 Å². The van der Waals surface area contributed by atoms with Crippen molar-refractivity contribution in [3.8, 4) is 0 Å². The highest BCUT2D eigenvalue weighted by Gasteiger charge is 2.30. The van der Waals surface area contributed by atoms with Crippen molar-refractivity contribution in [2.45, 2.75) is 24.5 Å². The molecule has 0 bridgehead atoms. The van der Waals surface area contributed by atoms with Gasteiger partial charge in [-0.05, 0) is 69.6 Å². The van der Waals surface area contributed by atoms with Crippen molar-refractivity contribution in [1.29, 1.82) is 0 Å². The zero-order valence-corrected chi connectivity index (χ0v) is 17.3. The smallest absolute Gasteiger partial charge is 0.202 e. The van der Waals surface area contributed by atoms with Crippen LogP contribution in [0.15, 0.2) is 32.3 Å². The van der Waals surface area contributed by atoms with Gasteiger partial charge in [-0.15, -0.1) is 0 Å². The average molecular weight is 471 g/mol. The Morgan fingerprint density at radius 1 is 1.39 bits per heavy atom. The molecule has 28 heavy (non-hydrogen) atoms. The normalized spacial score (nSPS) is 20.5. The van der Waals surface area contributed by atoms with Crippen LogP contribution in [0, 0.1) is 11.7 Å². The highest BCUT2D eigenvalue weighted by molar-refractivity contribution is 9.10. The third-order valence-corrected chi connectivity index (χ3v) is 6.60. The van der Waals surface area contributed by atoms with Gasteiger partial charge in [0, 0.05) is 24.9 Å². The summed E-state index contributed by atoms with van der Waals surface area (Å²) in [4.78, 5) is 4.26. The first-order chi connectivity index (χ1) is 13.6. The molecule has 2 aliphatic rings. The van der Waals surface area contributed by atoms with Crippen molar-refractivity contribution in [3.63, 3.8) is 0 Å². The first-order valence-electron chi connectivity index (χ1n) is 9.04. The summed E-state index contributed by atoms with van der Waals surface area (Å²) >= 11 is 5.10. The van der Waals surface area contributed by atoms with E-state index in [-0.39, 0.29) is 16.0 Å². The topological polar surface area (TPSA) is 98.8 Å². The maximum absolute atomic E-state index is 13.4. The minimum Gasteiger partial charge on any atom is -0.365 e. The lowest BCUT2D eigenvalue weighted by Crippen LogP contribution is -2.23. The Labute approximate surface area is 174 Å². The van der Waals surface area contributed by atoms with Gasteiger partial charge in [0.1, 0.15) is 5.82 Å². The molecule has 0 spiro atoms. The van der Waals surface area contributed by atoms with Gasteiger partial charge in [0.2, 0.25) is 5.82 Å². The Morgan fingerprint density at radius 3 is 3.00 bits per heavy atom. The summed E-state index contributed by atoms with van der Waals surface area (Å²) < 4.78 is 20.9. The van der Waals surface area contributed by atoms with Crippen LogP contribution in [0.4, 0.5) is 15.9 Å². The van der Waals surface area contributed by atoms with E-state index in [9.17, 15) is 9.60 Å². The first kappa shape index (κ1) is 19.6. The molecular formula is C17H20BrFN6O2S. The summed E-state index contributed by atoms with van der Waals surface area (Å²) in [6, 6.07) is 4.27. The largest absolute Gasteiger partial charge is 0.365 e. The Bertz CT molecular complexity index is 862. The number of benzene rings is 1. The van der Waals surface area contributed by atoms with Crippen molar-refractivity contribution in [3.05, 3.63) is 34.2 Å². The maximum Gasteiger partial charge on any atom is 0.202 e. The number of hydrogen-bond donors (Lipinski definition) is 3. The van der Waals surface area contributed by atoms with Gasteiger partial charge < -0.3 is 5.32 Å². The molecule has 0 amide bonds. The van der Waals surface area contributed by atoms with Crippen LogP contribution in [0.5, 0.6) is 0 Å². The van der Waals surface area contributed by atoms with Crippen LogP contribution in [-0.2, 0) is 0 Å². The molecule has 1 saturated carbocycles. The molecule has 8 nitrogen and oxygen atoms in total. The second kappa shape index (κ2) is 8.76. The van der Waals surface area contributed by atoms with Crippen molar-refractivity contribution in [1.82, 2.24) is 20.1 Å². The summed E-state index contributed by atoms with van der Waals surface area (Å²) in [6.07, 6.45) is 3.79. The van der Waals surface area contributed by atoms with Gasteiger partial charge in [0.05, 0.1) is 10.2 Å². The fraction of sp³-hybridized carbons (Fsp3) is 0.471. The molecule has 1 aromatic carbocycles. The predicted octanol–water partition coefficient (Wildman–Crippen LogP) is 3.57. The first-order valence-corrected chi connectivity index (χ1v) is 10.7. The van der Waals surface area contributed by atoms with Crippen LogP contribution in [0.3, 0.4) is 0 Å². The van der Waals surface area contributed by atoms with Gasteiger partial charge in [0.15, 0.2) is 11.5 Å². The summed E-state index contributed by atoms with van der Waals surface area (Å²) in [5.41, 5.74) is 2.71. The number of amidine groups is 1. The summed E-state index contributed by atoms with van der Waals surface area (Å²) in [5.74, 6) is 0.564. The Kier molecular flexibility index (Phi) is 6.14. The van der Waals surface area contributed by atoms with E-state index in [0.717, 1.165) is 31.3 Å². The lowest BCUT2D eigenvalue weighted by atomic mass is 10.1. The summed E-state index contributed by atoms with van der Waals surface area (Å²) in [6.45, 7) is 2.86. The molecule has 2 heterocycles. The van der Waals surface area contributed by atoms with E-state index in [1.807, 2.05) is 17.4 Å². The standard InChI is InChI=1S/C17H20BrFN6O2S/c18-13-7-11(1-4-14(13)19)21-17(22-26)15-16(24-27-23-15)20-8-10-5-6-25(9-10)28-12-2-3-12/h1,4,7,10,12,26H,2-3,5-6,8-9H2,(H,20,24)(H,21,22). The molecule has 150 valence electrons. The second-order valence-electron chi connectivity index (χ2n) is 6.86. The molecule has 1 aromatic heterocycles. The zero-order chi connectivity index (χ0) is 19.5. The number of nitrogens with one attached hydrogen (secondary N) is 2. The predicted molar refractivity (Wildman–Crippen MR) is 108 cm³/mol. The minimum absolute atomic E-state index is 0.0552. The molecule has 11 heteroatoms. The van der Waals surface area contributed by atoms with E-state index < -0.39 is 5.82 Å². The molecule has 1 aliphatic heterocycles. The molecule has 1 aliphatic carbocycles. The van der Waals surface area contributed by atoms with Crippen LogP contribution in [0.25, 0.3) is 0 Å². The second-order valence-corrected chi connectivity index (χ2v) is 9.11. The third-order valence-electron chi connectivity index (χ3n) is 4.59. The monoisotopic (exact) mass is 470 g/mol. The Hall–Kier alpha value is -1.69. The number of anilines is 1. The Morgan fingerprint density at radius 2 is 2.25 bits per heavy atom. The number of rotatable bonds is 7. The fourth-order valence-corrected chi connectivity index (χ4v) is 4.60. The molecule has 2 fully saturated rings. The van der Waals surface area contributed by atoms with Gasteiger partial charge in [-0.25, -0.2) is 14.0 Å². The van der Waals surface area contributed by atoms with Gasteiger partial charge in [0.25, 0.3) is 0 Å². The van der Waals surface area contributed by atoms with E-state index in [4.69, 9.17) is 4.63 Å². The minimum atomic E-state index is -0.395. The van der Waals surface area contributed by atoms with E-state index >= 15 is 0 Å². The van der Waals surface area contributed by atoms with Crippen molar-refractivity contribution in [2.75, 3.05) is 25.0 Å². The maximum atomic E-state index is 13.4. The molecule has 2 aromatic rings. The van der Waals surface area contributed by atoms with Crippen molar-refractivity contribution < 1.29 is 14.2 Å². The lowest BCUT2D eigenvalue weighted by Gasteiger charge is -2.14. The fourth-order valence-electron chi connectivity index (χ4n) is 2.96. The molecule has 1 unspecified atom stereocenters. The van der Waals surface area contributed by atoms with Gasteiger partial charge >= 0.3 is 0 Å². The van der Waals surface area contributed by atoms with Gasteiger partial charge in [-0.2, -0.15) is 0 Å².